The number of rotatable bonds is 8. The van der Waals surface area contributed by atoms with Crippen molar-refractivity contribution in [1.82, 2.24) is 15.2 Å². The number of carbonyl (C=O) groups is 1. The second-order valence-corrected chi connectivity index (χ2v) is 8.17. The molecule has 1 fully saturated rings. The molecule has 2 aromatic rings. The van der Waals surface area contributed by atoms with Crippen LogP contribution in [0.3, 0.4) is 0 Å². The van der Waals surface area contributed by atoms with Gasteiger partial charge in [-0.05, 0) is 38.0 Å². The summed E-state index contributed by atoms with van der Waals surface area (Å²) in [5, 5.41) is 3.02. The largest absolute Gasteiger partial charge is 0.346 e. The van der Waals surface area contributed by atoms with Crippen LogP contribution in [0.4, 0.5) is 17.6 Å². The van der Waals surface area contributed by atoms with Gasteiger partial charge in [0.25, 0.3) is 5.91 Å². The first-order chi connectivity index (χ1) is 15.2. The van der Waals surface area contributed by atoms with Crippen LogP contribution in [0, 0.1) is 0 Å². The molecule has 5 nitrogen and oxygen atoms in total. The highest BCUT2D eigenvalue weighted by Crippen LogP contribution is 2.42. The van der Waals surface area contributed by atoms with Crippen LogP contribution in [0.5, 0.6) is 0 Å². The van der Waals surface area contributed by atoms with Gasteiger partial charge >= 0.3 is 6.43 Å². The predicted octanol–water partition coefficient (Wildman–Crippen LogP) is 4.61. The molecule has 32 heavy (non-hydrogen) atoms. The molecule has 1 saturated heterocycles. The average molecular weight is 453 g/mol. The maximum Gasteiger partial charge on any atom is 0.315 e. The average Bonchev–Trinajstić information content (AvgIpc) is 3.07. The van der Waals surface area contributed by atoms with Crippen molar-refractivity contribution in [3.8, 4) is 11.1 Å². The SMILES string of the molecule is CC(NCCF)c1ccc(-c2ccc([C@H]3OC(C)(C)N(C(=O)C(F)F)[C@H]3CF)cc2)cn1. The van der Waals surface area contributed by atoms with Gasteiger partial charge in [-0.1, -0.05) is 30.3 Å². The maximum atomic E-state index is 13.8. The van der Waals surface area contributed by atoms with Gasteiger partial charge in [-0.25, -0.2) is 8.78 Å². The molecule has 174 valence electrons. The molecule has 1 amide bonds. The van der Waals surface area contributed by atoms with Crippen molar-refractivity contribution in [2.45, 2.75) is 51.1 Å². The summed E-state index contributed by atoms with van der Waals surface area (Å²) in [5.74, 6) is -1.45. The molecular formula is C23H27F4N3O2. The minimum Gasteiger partial charge on any atom is -0.346 e. The van der Waals surface area contributed by atoms with Crippen molar-refractivity contribution in [3.05, 3.63) is 53.9 Å². The number of alkyl halides is 4. The molecule has 1 aliphatic heterocycles. The van der Waals surface area contributed by atoms with E-state index in [1.54, 1.807) is 30.5 Å². The third-order valence-corrected chi connectivity index (χ3v) is 5.61. The highest BCUT2D eigenvalue weighted by atomic mass is 19.3. The van der Waals surface area contributed by atoms with Gasteiger partial charge in [0.1, 0.15) is 25.2 Å². The molecule has 3 rings (SSSR count). The van der Waals surface area contributed by atoms with E-state index in [2.05, 4.69) is 10.3 Å². The number of nitrogens with one attached hydrogen (secondary N) is 1. The first-order valence-corrected chi connectivity index (χ1v) is 10.4. The first kappa shape index (κ1) is 24.1. The predicted molar refractivity (Wildman–Crippen MR) is 113 cm³/mol. The van der Waals surface area contributed by atoms with Crippen LogP contribution in [0.2, 0.25) is 0 Å². The van der Waals surface area contributed by atoms with Crippen LogP contribution in [0.15, 0.2) is 42.6 Å². The number of aromatic nitrogens is 1. The first-order valence-electron chi connectivity index (χ1n) is 10.4. The lowest BCUT2D eigenvalue weighted by molar-refractivity contribution is -0.159. The Labute approximate surface area is 184 Å². The van der Waals surface area contributed by atoms with Crippen LogP contribution >= 0.6 is 0 Å². The molecule has 0 aliphatic carbocycles. The number of ether oxygens (including phenoxy) is 1. The van der Waals surface area contributed by atoms with Crippen LogP contribution in [0.25, 0.3) is 11.1 Å². The minimum atomic E-state index is -3.24. The molecule has 2 heterocycles. The zero-order valence-electron chi connectivity index (χ0n) is 18.2. The number of amides is 1. The molecule has 1 aromatic carbocycles. The Hall–Kier alpha value is -2.52. The molecule has 1 aromatic heterocycles. The van der Waals surface area contributed by atoms with E-state index >= 15 is 0 Å². The summed E-state index contributed by atoms with van der Waals surface area (Å²) < 4.78 is 58.1. The van der Waals surface area contributed by atoms with Gasteiger partial charge in [0, 0.05) is 24.3 Å². The van der Waals surface area contributed by atoms with Crippen LogP contribution in [0.1, 0.15) is 44.2 Å². The van der Waals surface area contributed by atoms with Crippen molar-refractivity contribution in [1.29, 1.82) is 0 Å². The molecule has 1 N–H and O–H groups in total. The van der Waals surface area contributed by atoms with Crippen molar-refractivity contribution >= 4 is 5.91 Å². The van der Waals surface area contributed by atoms with Gasteiger partial charge in [-0.15, -0.1) is 0 Å². The van der Waals surface area contributed by atoms with Crippen molar-refractivity contribution < 1.29 is 27.1 Å². The van der Waals surface area contributed by atoms with E-state index in [0.717, 1.165) is 21.7 Å². The fourth-order valence-electron chi connectivity index (χ4n) is 4.03. The molecule has 0 spiro atoms. The fourth-order valence-corrected chi connectivity index (χ4v) is 4.03. The Morgan fingerprint density at radius 3 is 2.34 bits per heavy atom. The zero-order chi connectivity index (χ0) is 23.5. The summed E-state index contributed by atoms with van der Waals surface area (Å²) in [6.07, 6.45) is -2.39. The Morgan fingerprint density at radius 2 is 1.81 bits per heavy atom. The summed E-state index contributed by atoms with van der Waals surface area (Å²) in [4.78, 5) is 17.2. The molecule has 0 radical (unpaired) electrons. The summed E-state index contributed by atoms with van der Waals surface area (Å²) in [7, 11) is 0. The Morgan fingerprint density at radius 1 is 1.16 bits per heavy atom. The maximum absolute atomic E-state index is 13.8. The number of benzene rings is 1. The summed E-state index contributed by atoms with van der Waals surface area (Å²) in [6, 6.07) is 9.60. The van der Waals surface area contributed by atoms with Gasteiger partial charge in [0.05, 0.1) is 11.7 Å². The second-order valence-electron chi connectivity index (χ2n) is 8.17. The summed E-state index contributed by atoms with van der Waals surface area (Å²) in [5.41, 5.74) is 1.71. The lowest BCUT2D eigenvalue weighted by Crippen LogP contribution is -2.51. The topological polar surface area (TPSA) is 54.5 Å². The molecule has 0 bridgehead atoms. The van der Waals surface area contributed by atoms with E-state index in [-0.39, 0.29) is 12.6 Å². The van der Waals surface area contributed by atoms with Gasteiger partial charge in [-0.3, -0.25) is 9.78 Å². The van der Waals surface area contributed by atoms with Crippen LogP contribution < -0.4 is 5.32 Å². The van der Waals surface area contributed by atoms with E-state index in [4.69, 9.17) is 4.74 Å². The standard InChI is InChI=1S/C23H27F4N3O2/c1-14(28-11-10-24)18-9-8-17(13-29-18)15-4-6-16(7-5-15)20-19(12-25)30(22(31)21(26)27)23(2,3)32-20/h4-9,13-14,19-21,28H,10-12H2,1-3H3/t14?,19-,20+/m0/s1. The molecule has 0 saturated carbocycles. The Bertz CT molecular complexity index is 906. The number of halogens is 4. The number of hydrogen-bond acceptors (Lipinski definition) is 4. The van der Waals surface area contributed by atoms with Gasteiger partial charge < -0.3 is 15.0 Å². The molecule has 1 unspecified atom stereocenters. The van der Waals surface area contributed by atoms with Gasteiger partial charge in [0.2, 0.25) is 0 Å². The third-order valence-electron chi connectivity index (χ3n) is 5.61. The number of hydrogen-bond donors (Lipinski definition) is 1. The number of nitrogens with zero attached hydrogens (tertiary/aromatic N) is 2. The fraction of sp³-hybridized carbons (Fsp3) is 0.478. The van der Waals surface area contributed by atoms with Crippen LogP contribution in [-0.2, 0) is 9.53 Å². The lowest BCUT2D eigenvalue weighted by Gasteiger charge is -2.32. The Balaban J connectivity index is 1.78. The normalized spacial score (nSPS) is 21.2. The third kappa shape index (κ3) is 4.94. The van der Waals surface area contributed by atoms with E-state index < -0.39 is 43.6 Å². The highest BCUT2D eigenvalue weighted by molar-refractivity contribution is 5.80. The monoisotopic (exact) mass is 453 g/mol. The quantitative estimate of drug-likeness (QED) is 0.594. The van der Waals surface area contributed by atoms with E-state index in [1.165, 1.54) is 13.8 Å². The molecule has 3 atom stereocenters. The van der Waals surface area contributed by atoms with Gasteiger partial charge in [-0.2, -0.15) is 8.78 Å². The lowest BCUT2D eigenvalue weighted by atomic mass is 9.99. The molecule has 1 aliphatic rings. The van der Waals surface area contributed by atoms with Crippen molar-refractivity contribution in [2.24, 2.45) is 0 Å². The Kier molecular flexibility index (Phi) is 7.51. The minimum absolute atomic E-state index is 0.0819. The summed E-state index contributed by atoms with van der Waals surface area (Å²) >= 11 is 0. The van der Waals surface area contributed by atoms with Crippen molar-refractivity contribution in [3.63, 3.8) is 0 Å². The van der Waals surface area contributed by atoms with E-state index in [0.29, 0.717) is 5.56 Å². The number of pyridine rings is 1. The van der Waals surface area contributed by atoms with Crippen molar-refractivity contribution in [2.75, 3.05) is 19.9 Å². The number of carbonyl (C=O) groups excluding carboxylic acids is 1. The van der Waals surface area contributed by atoms with Crippen LogP contribution in [-0.4, -0.2) is 53.9 Å². The van der Waals surface area contributed by atoms with Gasteiger partial charge in [0.15, 0.2) is 0 Å². The summed E-state index contributed by atoms with van der Waals surface area (Å²) in [6.45, 7) is 3.65. The smallest absolute Gasteiger partial charge is 0.315 e. The zero-order valence-corrected chi connectivity index (χ0v) is 18.2. The second kappa shape index (κ2) is 9.95. The molecular weight excluding hydrogens is 426 g/mol. The van der Waals surface area contributed by atoms with E-state index in [1.807, 2.05) is 19.1 Å². The van der Waals surface area contributed by atoms with E-state index in [9.17, 15) is 22.4 Å². The highest BCUT2D eigenvalue weighted by Gasteiger charge is 2.52. The molecule has 9 heteroatoms.